The van der Waals surface area contributed by atoms with Gasteiger partial charge in [-0.3, -0.25) is 4.79 Å². The van der Waals surface area contributed by atoms with Crippen LogP contribution in [0.2, 0.25) is 0 Å². The van der Waals surface area contributed by atoms with Gasteiger partial charge in [-0.15, -0.1) is 0 Å². The molecule has 1 amide bonds. The van der Waals surface area contributed by atoms with Crippen LogP contribution < -0.4 is 16.0 Å². The summed E-state index contributed by atoms with van der Waals surface area (Å²) in [7, 11) is 0. The number of nitrogens with one attached hydrogen (secondary N) is 1. The van der Waals surface area contributed by atoms with Gasteiger partial charge in [0, 0.05) is 25.7 Å². The first kappa shape index (κ1) is 12.4. The molecule has 88 valence electrons. The van der Waals surface area contributed by atoms with E-state index in [2.05, 4.69) is 24.1 Å². The smallest absolute Gasteiger partial charge is 0.221 e. The van der Waals surface area contributed by atoms with Gasteiger partial charge in [0.15, 0.2) is 0 Å². The van der Waals surface area contributed by atoms with Crippen molar-refractivity contribution >= 4 is 23.0 Å². The van der Waals surface area contributed by atoms with E-state index in [0.717, 1.165) is 24.5 Å². The monoisotopic (exact) mass is 221 g/mol. The Morgan fingerprint density at radius 2 is 2.00 bits per heavy atom. The molecule has 0 spiro atoms. The zero-order valence-corrected chi connectivity index (χ0v) is 10.1. The minimum atomic E-state index is -0.0843. The van der Waals surface area contributed by atoms with Gasteiger partial charge in [0.25, 0.3) is 0 Å². The van der Waals surface area contributed by atoms with E-state index >= 15 is 0 Å². The lowest BCUT2D eigenvalue weighted by atomic mass is 10.2. The Morgan fingerprint density at radius 3 is 2.50 bits per heavy atom. The maximum absolute atomic E-state index is 11.1. The first-order valence-corrected chi connectivity index (χ1v) is 5.50. The Morgan fingerprint density at radius 1 is 1.38 bits per heavy atom. The van der Waals surface area contributed by atoms with Crippen molar-refractivity contribution in [3.8, 4) is 0 Å². The Balaban J connectivity index is 3.10. The Bertz CT molecular complexity index is 373. The van der Waals surface area contributed by atoms with Gasteiger partial charge in [-0.1, -0.05) is 0 Å². The maximum atomic E-state index is 11.1. The van der Waals surface area contributed by atoms with Crippen molar-refractivity contribution < 1.29 is 4.79 Å². The van der Waals surface area contributed by atoms with Crippen molar-refractivity contribution in [2.75, 3.05) is 29.0 Å². The molecule has 0 fully saturated rings. The summed E-state index contributed by atoms with van der Waals surface area (Å²) in [5.74, 6) is -0.0843. The van der Waals surface area contributed by atoms with Crippen molar-refractivity contribution in [1.82, 2.24) is 0 Å². The molecule has 1 aromatic rings. The van der Waals surface area contributed by atoms with Crippen LogP contribution in [-0.4, -0.2) is 19.0 Å². The Labute approximate surface area is 96.4 Å². The molecule has 0 aromatic heterocycles. The zero-order valence-electron chi connectivity index (χ0n) is 10.1. The van der Waals surface area contributed by atoms with E-state index in [1.54, 1.807) is 6.07 Å². The molecule has 0 saturated heterocycles. The predicted octanol–water partition coefficient (Wildman–Crippen LogP) is 2.07. The lowest BCUT2D eigenvalue weighted by Crippen LogP contribution is -2.23. The van der Waals surface area contributed by atoms with E-state index < -0.39 is 0 Å². The highest BCUT2D eigenvalue weighted by Crippen LogP contribution is 2.28. The molecule has 0 bridgehead atoms. The van der Waals surface area contributed by atoms with E-state index in [9.17, 15) is 4.79 Å². The average Bonchev–Trinajstić information content (AvgIpc) is 2.21. The summed E-state index contributed by atoms with van der Waals surface area (Å²) in [5, 5.41) is 2.80. The highest BCUT2D eigenvalue weighted by molar-refractivity contribution is 5.93. The summed E-state index contributed by atoms with van der Waals surface area (Å²) >= 11 is 0. The molecule has 16 heavy (non-hydrogen) atoms. The van der Waals surface area contributed by atoms with Crippen LogP contribution in [0.4, 0.5) is 17.1 Å². The molecule has 0 aliphatic carbocycles. The minimum Gasteiger partial charge on any atom is -0.399 e. The van der Waals surface area contributed by atoms with Crippen LogP contribution in [0.25, 0.3) is 0 Å². The van der Waals surface area contributed by atoms with Crippen LogP contribution >= 0.6 is 0 Å². The number of hydrogen-bond donors (Lipinski definition) is 2. The van der Waals surface area contributed by atoms with Gasteiger partial charge in [0.2, 0.25) is 5.91 Å². The number of nitrogens with two attached hydrogens (primary N) is 1. The number of nitrogens with zero attached hydrogens (tertiary/aromatic N) is 1. The van der Waals surface area contributed by atoms with Crippen molar-refractivity contribution in [1.29, 1.82) is 0 Å². The van der Waals surface area contributed by atoms with Gasteiger partial charge in [-0.05, 0) is 32.0 Å². The molecule has 0 unspecified atom stereocenters. The van der Waals surface area contributed by atoms with E-state index in [1.165, 1.54) is 6.92 Å². The fourth-order valence-electron chi connectivity index (χ4n) is 1.68. The molecule has 3 N–H and O–H groups in total. The van der Waals surface area contributed by atoms with Gasteiger partial charge in [-0.25, -0.2) is 0 Å². The zero-order chi connectivity index (χ0) is 12.1. The lowest BCUT2D eigenvalue weighted by molar-refractivity contribution is -0.114. The largest absolute Gasteiger partial charge is 0.399 e. The summed E-state index contributed by atoms with van der Waals surface area (Å²) in [6.07, 6.45) is 0. The van der Waals surface area contributed by atoms with Gasteiger partial charge >= 0.3 is 0 Å². The van der Waals surface area contributed by atoms with Crippen molar-refractivity contribution in [2.45, 2.75) is 20.8 Å². The van der Waals surface area contributed by atoms with Crippen LogP contribution in [-0.2, 0) is 4.79 Å². The highest BCUT2D eigenvalue weighted by atomic mass is 16.1. The maximum Gasteiger partial charge on any atom is 0.221 e. The third-order valence-corrected chi connectivity index (χ3v) is 2.44. The molecular formula is C12H19N3O. The molecular weight excluding hydrogens is 202 g/mol. The van der Waals surface area contributed by atoms with Crippen LogP contribution in [0.5, 0.6) is 0 Å². The molecule has 0 heterocycles. The highest BCUT2D eigenvalue weighted by Gasteiger charge is 2.09. The van der Waals surface area contributed by atoms with E-state index in [-0.39, 0.29) is 5.91 Å². The Kier molecular flexibility index (Phi) is 4.17. The first-order chi connectivity index (χ1) is 7.58. The number of hydrogen-bond acceptors (Lipinski definition) is 3. The second-order valence-corrected chi connectivity index (χ2v) is 3.63. The van der Waals surface area contributed by atoms with Crippen molar-refractivity contribution in [3.63, 3.8) is 0 Å². The average molecular weight is 221 g/mol. The molecule has 0 atom stereocenters. The molecule has 1 aromatic carbocycles. The number of amides is 1. The van der Waals surface area contributed by atoms with Crippen molar-refractivity contribution in [2.24, 2.45) is 0 Å². The summed E-state index contributed by atoms with van der Waals surface area (Å²) < 4.78 is 0. The van der Waals surface area contributed by atoms with Gasteiger partial charge in [-0.2, -0.15) is 0 Å². The molecule has 0 aliphatic rings. The lowest BCUT2D eigenvalue weighted by Gasteiger charge is -2.24. The van der Waals surface area contributed by atoms with E-state index in [4.69, 9.17) is 5.73 Å². The molecule has 4 heteroatoms. The van der Waals surface area contributed by atoms with Crippen molar-refractivity contribution in [3.05, 3.63) is 18.2 Å². The number of carbonyl (C=O) groups is 1. The molecule has 0 saturated carbocycles. The topological polar surface area (TPSA) is 58.4 Å². The number of anilines is 3. The quantitative estimate of drug-likeness (QED) is 0.765. The normalized spacial score (nSPS) is 9.94. The standard InChI is InChI=1S/C12H19N3O/c1-4-15(5-2)12-7-6-10(13)8-11(12)14-9(3)16/h6-8H,4-5,13H2,1-3H3,(H,14,16). The van der Waals surface area contributed by atoms with Gasteiger partial charge in [0.1, 0.15) is 0 Å². The van der Waals surface area contributed by atoms with Crippen LogP contribution in [0.3, 0.4) is 0 Å². The third-order valence-electron chi connectivity index (χ3n) is 2.44. The Hall–Kier alpha value is -1.71. The van der Waals surface area contributed by atoms with E-state index in [0.29, 0.717) is 5.69 Å². The summed E-state index contributed by atoms with van der Waals surface area (Å²) in [5.41, 5.74) is 8.15. The molecule has 0 aliphatic heterocycles. The fourth-order valence-corrected chi connectivity index (χ4v) is 1.68. The van der Waals surface area contributed by atoms with Crippen LogP contribution in [0.15, 0.2) is 18.2 Å². The summed E-state index contributed by atoms with van der Waals surface area (Å²) in [4.78, 5) is 13.3. The third kappa shape index (κ3) is 2.89. The minimum absolute atomic E-state index is 0.0843. The first-order valence-electron chi connectivity index (χ1n) is 5.50. The van der Waals surface area contributed by atoms with Crippen LogP contribution in [0.1, 0.15) is 20.8 Å². The number of carbonyl (C=O) groups excluding carboxylic acids is 1. The van der Waals surface area contributed by atoms with Gasteiger partial charge in [0.05, 0.1) is 11.4 Å². The second kappa shape index (κ2) is 5.39. The second-order valence-electron chi connectivity index (χ2n) is 3.63. The van der Waals surface area contributed by atoms with E-state index in [1.807, 2.05) is 12.1 Å². The number of benzene rings is 1. The number of rotatable bonds is 4. The summed E-state index contributed by atoms with van der Waals surface area (Å²) in [6, 6.07) is 5.57. The SMILES string of the molecule is CCN(CC)c1ccc(N)cc1NC(C)=O. The molecule has 0 radical (unpaired) electrons. The van der Waals surface area contributed by atoms with Crippen LogP contribution in [0, 0.1) is 0 Å². The molecule has 4 nitrogen and oxygen atoms in total. The summed E-state index contributed by atoms with van der Waals surface area (Å²) in [6.45, 7) is 7.45. The fraction of sp³-hybridized carbons (Fsp3) is 0.417. The predicted molar refractivity (Wildman–Crippen MR) is 68.7 cm³/mol. The number of nitrogen functional groups attached to an aromatic ring is 1. The molecule has 1 rings (SSSR count). The van der Waals surface area contributed by atoms with Gasteiger partial charge < -0.3 is 16.0 Å².